The van der Waals surface area contributed by atoms with Gasteiger partial charge in [-0.25, -0.2) is 4.39 Å². The van der Waals surface area contributed by atoms with Crippen LogP contribution in [0, 0.1) is 5.82 Å². The van der Waals surface area contributed by atoms with Gasteiger partial charge in [-0.2, -0.15) is 0 Å². The standard InChI is InChI=1S/C27H29FN6O2/c1-32-11-13-33(14-12-32)21-9-10-29-23(16-21)26(35)31-24-17-30-22-8-7-20(28)15-25(22)34(27(24)36)18-19-5-3-2-4-6-19/h2-10,15-16,24,30H,11-14,17-18H2,1H3,(H,31,35). The predicted molar refractivity (Wildman–Crippen MR) is 138 cm³/mol. The van der Waals surface area contributed by atoms with Crippen molar-refractivity contribution in [2.24, 2.45) is 0 Å². The number of rotatable bonds is 5. The van der Waals surface area contributed by atoms with Gasteiger partial charge in [0.2, 0.25) is 0 Å². The fraction of sp³-hybridized carbons (Fsp3) is 0.296. The normalized spacial score (nSPS) is 18.3. The third kappa shape index (κ3) is 5.16. The SMILES string of the molecule is CN1CCN(c2ccnc(C(=O)NC3CNc4ccc(F)cc4N(Cc4ccccc4)C3=O)c2)CC1. The van der Waals surface area contributed by atoms with Crippen molar-refractivity contribution in [1.82, 2.24) is 15.2 Å². The minimum Gasteiger partial charge on any atom is -0.381 e. The summed E-state index contributed by atoms with van der Waals surface area (Å²) >= 11 is 0. The number of halogens is 1. The molecule has 186 valence electrons. The van der Waals surface area contributed by atoms with Crippen molar-refractivity contribution >= 4 is 28.9 Å². The van der Waals surface area contributed by atoms with E-state index in [0.717, 1.165) is 37.4 Å². The number of fused-ring (bicyclic) bond motifs is 1. The molecular weight excluding hydrogens is 459 g/mol. The molecule has 0 saturated carbocycles. The molecule has 1 atom stereocenters. The summed E-state index contributed by atoms with van der Waals surface area (Å²) in [7, 11) is 2.09. The molecule has 9 heteroatoms. The lowest BCUT2D eigenvalue weighted by atomic mass is 10.1. The maximum absolute atomic E-state index is 14.2. The smallest absolute Gasteiger partial charge is 0.270 e. The quantitative estimate of drug-likeness (QED) is 0.575. The minimum absolute atomic E-state index is 0.173. The zero-order valence-corrected chi connectivity index (χ0v) is 20.2. The van der Waals surface area contributed by atoms with Crippen LogP contribution in [-0.2, 0) is 11.3 Å². The predicted octanol–water partition coefficient (Wildman–Crippen LogP) is 2.73. The number of likely N-dealkylation sites (N-methyl/N-ethyl adjacent to an activating group) is 1. The molecule has 1 aromatic heterocycles. The third-order valence-corrected chi connectivity index (χ3v) is 6.64. The van der Waals surface area contributed by atoms with Gasteiger partial charge >= 0.3 is 0 Å². The Labute approximate surface area is 209 Å². The maximum Gasteiger partial charge on any atom is 0.270 e. The van der Waals surface area contributed by atoms with E-state index in [2.05, 4.69) is 32.5 Å². The molecule has 0 spiro atoms. The molecule has 0 aliphatic carbocycles. The van der Waals surface area contributed by atoms with E-state index in [9.17, 15) is 14.0 Å². The number of hydrogen-bond donors (Lipinski definition) is 2. The highest BCUT2D eigenvalue weighted by molar-refractivity contribution is 6.04. The molecule has 3 heterocycles. The van der Waals surface area contributed by atoms with Crippen LogP contribution in [0.3, 0.4) is 0 Å². The van der Waals surface area contributed by atoms with E-state index in [1.165, 1.54) is 17.0 Å². The molecule has 5 rings (SSSR count). The summed E-state index contributed by atoms with van der Waals surface area (Å²) in [6.07, 6.45) is 1.62. The lowest BCUT2D eigenvalue weighted by Gasteiger charge is -2.34. The van der Waals surface area contributed by atoms with Gasteiger partial charge in [0.1, 0.15) is 17.6 Å². The summed E-state index contributed by atoms with van der Waals surface area (Å²) < 4.78 is 14.2. The fourth-order valence-corrected chi connectivity index (χ4v) is 4.56. The molecule has 2 aromatic carbocycles. The number of piperazine rings is 1. The summed E-state index contributed by atoms with van der Waals surface area (Å²) in [5.74, 6) is -1.18. The first-order chi connectivity index (χ1) is 17.5. The van der Waals surface area contributed by atoms with Gasteiger partial charge in [0.25, 0.3) is 11.8 Å². The first-order valence-corrected chi connectivity index (χ1v) is 12.1. The van der Waals surface area contributed by atoms with Crippen molar-refractivity contribution in [3.8, 4) is 0 Å². The Bertz CT molecular complexity index is 1250. The van der Waals surface area contributed by atoms with Crippen molar-refractivity contribution in [2.75, 3.05) is 54.9 Å². The Kier molecular flexibility index (Phi) is 6.81. The fourth-order valence-electron chi connectivity index (χ4n) is 4.56. The molecule has 0 bridgehead atoms. The average Bonchev–Trinajstić information content (AvgIpc) is 3.02. The van der Waals surface area contributed by atoms with E-state index < -0.39 is 17.8 Å². The summed E-state index contributed by atoms with van der Waals surface area (Å²) in [6.45, 7) is 4.06. The zero-order valence-electron chi connectivity index (χ0n) is 20.2. The van der Waals surface area contributed by atoms with Gasteiger partial charge in [-0.05, 0) is 42.9 Å². The highest BCUT2D eigenvalue weighted by atomic mass is 19.1. The Morgan fingerprint density at radius 2 is 1.86 bits per heavy atom. The molecular formula is C27H29FN6O2. The molecule has 2 amide bonds. The average molecular weight is 489 g/mol. The summed E-state index contributed by atoms with van der Waals surface area (Å²) in [4.78, 5) is 37.1. The summed E-state index contributed by atoms with van der Waals surface area (Å²) in [6, 6.07) is 16.6. The maximum atomic E-state index is 14.2. The Balaban J connectivity index is 1.37. The zero-order chi connectivity index (χ0) is 25.1. The summed E-state index contributed by atoms with van der Waals surface area (Å²) in [5.41, 5.74) is 3.15. The first-order valence-electron chi connectivity index (χ1n) is 12.1. The second-order valence-electron chi connectivity index (χ2n) is 9.17. The molecule has 36 heavy (non-hydrogen) atoms. The van der Waals surface area contributed by atoms with E-state index in [-0.39, 0.29) is 24.7 Å². The molecule has 0 radical (unpaired) electrons. The van der Waals surface area contributed by atoms with Crippen molar-refractivity contribution in [1.29, 1.82) is 0 Å². The molecule has 3 aromatic rings. The number of nitrogens with one attached hydrogen (secondary N) is 2. The second-order valence-corrected chi connectivity index (χ2v) is 9.17. The van der Waals surface area contributed by atoms with Crippen LogP contribution in [0.25, 0.3) is 0 Å². The van der Waals surface area contributed by atoms with Crippen LogP contribution in [0.15, 0.2) is 66.9 Å². The number of carbonyl (C=O) groups excluding carboxylic acids is 2. The van der Waals surface area contributed by atoms with E-state index in [1.54, 1.807) is 18.3 Å². The van der Waals surface area contributed by atoms with E-state index in [4.69, 9.17) is 0 Å². The lowest BCUT2D eigenvalue weighted by Crippen LogP contribution is -2.50. The van der Waals surface area contributed by atoms with Crippen LogP contribution in [0.2, 0.25) is 0 Å². The number of pyridine rings is 1. The molecule has 1 fully saturated rings. The van der Waals surface area contributed by atoms with Crippen LogP contribution in [0.5, 0.6) is 0 Å². The van der Waals surface area contributed by atoms with Crippen LogP contribution in [0.4, 0.5) is 21.5 Å². The molecule has 2 aliphatic heterocycles. The summed E-state index contributed by atoms with van der Waals surface area (Å²) in [5, 5.41) is 6.05. The van der Waals surface area contributed by atoms with Gasteiger partial charge in [-0.1, -0.05) is 30.3 Å². The van der Waals surface area contributed by atoms with Crippen LogP contribution in [-0.4, -0.2) is 67.5 Å². The van der Waals surface area contributed by atoms with E-state index in [1.807, 2.05) is 36.4 Å². The molecule has 2 N–H and O–H groups in total. The van der Waals surface area contributed by atoms with Gasteiger partial charge in [-0.3, -0.25) is 14.6 Å². The first kappa shape index (κ1) is 23.7. The van der Waals surface area contributed by atoms with Crippen LogP contribution < -0.4 is 20.4 Å². The lowest BCUT2D eigenvalue weighted by molar-refractivity contribution is -0.120. The number of aromatic nitrogens is 1. The number of nitrogens with zero attached hydrogens (tertiary/aromatic N) is 4. The Hall–Kier alpha value is -3.98. The largest absolute Gasteiger partial charge is 0.381 e. The van der Waals surface area contributed by atoms with Gasteiger partial charge in [0.15, 0.2) is 0 Å². The number of hydrogen-bond acceptors (Lipinski definition) is 6. The second kappa shape index (κ2) is 10.3. The Morgan fingerprint density at radius 3 is 2.64 bits per heavy atom. The molecule has 1 saturated heterocycles. The monoisotopic (exact) mass is 488 g/mol. The highest BCUT2D eigenvalue weighted by Gasteiger charge is 2.32. The van der Waals surface area contributed by atoms with Crippen molar-refractivity contribution in [2.45, 2.75) is 12.6 Å². The van der Waals surface area contributed by atoms with Crippen molar-refractivity contribution in [3.63, 3.8) is 0 Å². The molecule has 1 unspecified atom stereocenters. The number of amides is 2. The molecule has 2 aliphatic rings. The minimum atomic E-state index is -0.856. The number of carbonyl (C=O) groups is 2. The number of anilines is 3. The van der Waals surface area contributed by atoms with Crippen LogP contribution in [0.1, 0.15) is 16.1 Å². The molecule has 8 nitrogen and oxygen atoms in total. The number of benzene rings is 2. The van der Waals surface area contributed by atoms with E-state index >= 15 is 0 Å². The third-order valence-electron chi connectivity index (χ3n) is 6.64. The van der Waals surface area contributed by atoms with Crippen molar-refractivity contribution < 1.29 is 14.0 Å². The van der Waals surface area contributed by atoms with Crippen LogP contribution >= 0.6 is 0 Å². The highest BCUT2D eigenvalue weighted by Crippen LogP contribution is 2.31. The van der Waals surface area contributed by atoms with Gasteiger partial charge in [-0.15, -0.1) is 0 Å². The van der Waals surface area contributed by atoms with Gasteiger partial charge in [0, 0.05) is 44.6 Å². The van der Waals surface area contributed by atoms with Gasteiger partial charge < -0.3 is 25.3 Å². The van der Waals surface area contributed by atoms with Crippen molar-refractivity contribution in [3.05, 3.63) is 83.9 Å². The van der Waals surface area contributed by atoms with Gasteiger partial charge in [0.05, 0.1) is 17.9 Å². The van der Waals surface area contributed by atoms with E-state index in [0.29, 0.717) is 11.4 Å². The Morgan fingerprint density at radius 1 is 1.08 bits per heavy atom. The topological polar surface area (TPSA) is 80.8 Å².